The van der Waals surface area contributed by atoms with E-state index < -0.39 is 17.9 Å². The summed E-state index contributed by atoms with van der Waals surface area (Å²) in [6.07, 6.45) is -0.947. The van der Waals surface area contributed by atoms with E-state index in [1.54, 1.807) is 43.3 Å². The van der Waals surface area contributed by atoms with Crippen molar-refractivity contribution < 1.29 is 19.1 Å². The number of benzene rings is 2. The van der Waals surface area contributed by atoms with Crippen molar-refractivity contribution in [3.8, 4) is 5.75 Å². The number of anilines is 1. The van der Waals surface area contributed by atoms with E-state index in [4.69, 9.17) is 16.3 Å². The monoisotopic (exact) mass is 403 g/mol. The lowest BCUT2D eigenvalue weighted by Crippen LogP contribution is -2.47. The van der Waals surface area contributed by atoms with Gasteiger partial charge in [0.05, 0.1) is 10.7 Å². The van der Waals surface area contributed by atoms with Crippen LogP contribution in [0.25, 0.3) is 0 Å². The number of hydrogen-bond donors (Lipinski definition) is 3. The van der Waals surface area contributed by atoms with E-state index >= 15 is 0 Å². The fourth-order valence-corrected chi connectivity index (χ4v) is 2.43. The summed E-state index contributed by atoms with van der Waals surface area (Å²) in [5.41, 5.74) is 6.03. The third-order valence-corrected chi connectivity index (χ3v) is 4.05. The highest BCUT2D eigenvalue weighted by Crippen LogP contribution is 2.20. The second-order valence-electron chi connectivity index (χ2n) is 6.14. The maximum Gasteiger partial charge on any atom is 0.279 e. The van der Waals surface area contributed by atoms with Crippen LogP contribution in [0.4, 0.5) is 5.69 Å². The average Bonchev–Trinajstić information content (AvgIpc) is 2.66. The molecular formula is C20H22ClN3O4. The molecule has 148 valence electrons. The molecule has 0 radical (unpaired) electrons. The number of hydrazine groups is 1. The number of aryl methyl sites for hydroxylation is 1. The van der Waals surface area contributed by atoms with Crippen LogP contribution in [0.2, 0.25) is 5.02 Å². The van der Waals surface area contributed by atoms with E-state index in [9.17, 15) is 14.4 Å². The highest BCUT2D eigenvalue weighted by atomic mass is 35.5. The molecule has 0 aliphatic carbocycles. The van der Waals surface area contributed by atoms with Gasteiger partial charge in [-0.15, -0.1) is 0 Å². The van der Waals surface area contributed by atoms with E-state index in [1.807, 2.05) is 19.1 Å². The van der Waals surface area contributed by atoms with Gasteiger partial charge in [-0.05, 0) is 43.7 Å². The minimum Gasteiger partial charge on any atom is -0.481 e. The normalized spacial score (nSPS) is 11.2. The molecule has 0 aliphatic heterocycles. The summed E-state index contributed by atoms with van der Waals surface area (Å²) in [6.45, 7) is 3.49. The van der Waals surface area contributed by atoms with E-state index in [-0.39, 0.29) is 18.7 Å². The van der Waals surface area contributed by atoms with Crippen LogP contribution in [-0.2, 0) is 14.4 Å². The number of nitrogens with one attached hydrogen (secondary N) is 3. The first kappa shape index (κ1) is 21.2. The molecule has 0 saturated carbocycles. The number of carbonyl (C=O) groups is 3. The van der Waals surface area contributed by atoms with Crippen LogP contribution in [0.15, 0.2) is 48.5 Å². The molecule has 2 aromatic carbocycles. The molecular weight excluding hydrogens is 382 g/mol. The molecule has 7 nitrogen and oxygen atoms in total. The highest BCUT2D eigenvalue weighted by Gasteiger charge is 2.16. The molecule has 3 amide bonds. The number of rotatable bonds is 7. The van der Waals surface area contributed by atoms with Crippen LogP contribution in [0.3, 0.4) is 0 Å². The molecule has 2 rings (SSSR count). The summed E-state index contributed by atoms with van der Waals surface area (Å²) >= 11 is 5.96. The molecule has 0 fully saturated rings. The Hall–Kier alpha value is -3.06. The van der Waals surface area contributed by atoms with Crippen LogP contribution >= 0.6 is 11.6 Å². The van der Waals surface area contributed by atoms with E-state index in [0.717, 1.165) is 5.56 Å². The zero-order chi connectivity index (χ0) is 20.5. The van der Waals surface area contributed by atoms with Gasteiger partial charge >= 0.3 is 0 Å². The lowest BCUT2D eigenvalue weighted by Gasteiger charge is -2.15. The maximum atomic E-state index is 12.0. The van der Waals surface area contributed by atoms with Crippen LogP contribution in [0, 0.1) is 6.92 Å². The van der Waals surface area contributed by atoms with Crippen molar-refractivity contribution in [1.29, 1.82) is 0 Å². The predicted molar refractivity (Wildman–Crippen MR) is 107 cm³/mol. The highest BCUT2D eigenvalue weighted by molar-refractivity contribution is 6.33. The molecule has 0 bridgehead atoms. The first-order valence-corrected chi connectivity index (χ1v) is 9.09. The number of ether oxygens (including phenoxy) is 1. The lowest BCUT2D eigenvalue weighted by atomic mass is 10.2. The van der Waals surface area contributed by atoms with E-state index in [1.165, 1.54) is 0 Å². The van der Waals surface area contributed by atoms with Gasteiger partial charge < -0.3 is 10.1 Å². The number of para-hydroxylation sites is 1. The van der Waals surface area contributed by atoms with Gasteiger partial charge in [-0.3, -0.25) is 25.2 Å². The molecule has 0 aromatic heterocycles. The Balaban J connectivity index is 1.70. The first-order valence-electron chi connectivity index (χ1n) is 8.71. The van der Waals surface area contributed by atoms with Crippen molar-refractivity contribution >= 4 is 35.0 Å². The SMILES string of the molecule is Cc1cccc(OC(C)C(=O)NNC(=O)CCC(=O)Nc2ccccc2Cl)c1. The van der Waals surface area contributed by atoms with Gasteiger partial charge in [0.1, 0.15) is 5.75 Å². The number of halogens is 1. The number of carbonyl (C=O) groups excluding carboxylic acids is 3. The lowest BCUT2D eigenvalue weighted by molar-refractivity contribution is -0.133. The standard InChI is InChI=1S/C20H22ClN3O4/c1-13-6-5-7-15(12-13)28-14(2)20(27)24-23-19(26)11-10-18(25)22-17-9-4-3-8-16(17)21/h3-9,12,14H,10-11H2,1-2H3,(H,22,25)(H,23,26)(H,24,27). The Morgan fingerprint density at radius 3 is 2.43 bits per heavy atom. The summed E-state index contributed by atoms with van der Waals surface area (Å²) < 4.78 is 5.53. The number of amides is 3. The summed E-state index contributed by atoms with van der Waals surface area (Å²) in [6, 6.07) is 14.1. The zero-order valence-electron chi connectivity index (χ0n) is 15.6. The van der Waals surface area contributed by atoms with Gasteiger partial charge in [0, 0.05) is 12.8 Å². The van der Waals surface area contributed by atoms with Crippen molar-refractivity contribution in [1.82, 2.24) is 10.9 Å². The van der Waals surface area contributed by atoms with Gasteiger partial charge in [-0.2, -0.15) is 0 Å². The minimum atomic E-state index is -0.800. The molecule has 0 aliphatic rings. The zero-order valence-corrected chi connectivity index (χ0v) is 16.4. The van der Waals surface area contributed by atoms with Gasteiger partial charge in [-0.25, -0.2) is 0 Å². The predicted octanol–water partition coefficient (Wildman–Crippen LogP) is 2.98. The molecule has 2 aromatic rings. The van der Waals surface area contributed by atoms with Crippen molar-refractivity contribution in [2.24, 2.45) is 0 Å². The van der Waals surface area contributed by atoms with Gasteiger partial charge in [0.2, 0.25) is 11.8 Å². The number of hydrogen-bond acceptors (Lipinski definition) is 4. The molecule has 8 heteroatoms. The Morgan fingerprint density at radius 2 is 1.71 bits per heavy atom. The van der Waals surface area contributed by atoms with Crippen LogP contribution in [-0.4, -0.2) is 23.8 Å². The minimum absolute atomic E-state index is 0.0533. The quantitative estimate of drug-likeness (QED) is 0.619. The molecule has 1 unspecified atom stereocenters. The van der Waals surface area contributed by atoms with E-state index in [2.05, 4.69) is 16.2 Å². The largest absolute Gasteiger partial charge is 0.481 e. The fourth-order valence-electron chi connectivity index (χ4n) is 2.24. The summed E-state index contributed by atoms with van der Waals surface area (Å²) in [7, 11) is 0. The summed E-state index contributed by atoms with van der Waals surface area (Å²) in [5, 5.41) is 3.03. The molecule has 0 heterocycles. The molecule has 0 saturated heterocycles. The van der Waals surface area contributed by atoms with Crippen molar-refractivity contribution in [2.45, 2.75) is 32.8 Å². The Labute approximate surface area is 168 Å². The van der Waals surface area contributed by atoms with Crippen molar-refractivity contribution in [2.75, 3.05) is 5.32 Å². The third-order valence-electron chi connectivity index (χ3n) is 3.72. The van der Waals surface area contributed by atoms with Crippen molar-refractivity contribution in [3.05, 3.63) is 59.1 Å². The molecule has 0 spiro atoms. The fraction of sp³-hybridized carbons (Fsp3) is 0.250. The van der Waals surface area contributed by atoms with Crippen molar-refractivity contribution in [3.63, 3.8) is 0 Å². The Bertz CT molecular complexity index is 857. The first-order chi connectivity index (χ1) is 13.3. The summed E-state index contributed by atoms with van der Waals surface area (Å²) in [5.74, 6) is -0.795. The second kappa shape index (κ2) is 10.3. The van der Waals surface area contributed by atoms with E-state index in [0.29, 0.717) is 16.5 Å². The average molecular weight is 404 g/mol. The van der Waals surface area contributed by atoms with Crippen LogP contribution in [0.5, 0.6) is 5.75 Å². The topological polar surface area (TPSA) is 96.5 Å². The smallest absolute Gasteiger partial charge is 0.279 e. The van der Waals surface area contributed by atoms with Crippen LogP contribution in [0.1, 0.15) is 25.3 Å². The third kappa shape index (κ3) is 6.92. The Kier molecular flexibility index (Phi) is 7.83. The van der Waals surface area contributed by atoms with Gasteiger partial charge in [-0.1, -0.05) is 35.9 Å². The molecule has 3 N–H and O–H groups in total. The van der Waals surface area contributed by atoms with Gasteiger partial charge in [0.15, 0.2) is 6.10 Å². The van der Waals surface area contributed by atoms with Crippen LogP contribution < -0.4 is 20.9 Å². The molecule has 1 atom stereocenters. The Morgan fingerprint density at radius 1 is 1.00 bits per heavy atom. The molecule has 28 heavy (non-hydrogen) atoms. The van der Waals surface area contributed by atoms with Gasteiger partial charge in [0.25, 0.3) is 5.91 Å². The maximum absolute atomic E-state index is 12.0. The second-order valence-corrected chi connectivity index (χ2v) is 6.55. The summed E-state index contributed by atoms with van der Waals surface area (Å²) in [4.78, 5) is 35.7.